The molecule has 0 saturated heterocycles. The van der Waals surface area contributed by atoms with Gasteiger partial charge >= 0.3 is 20.1 Å². The number of hydrogen-bond donors (Lipinski definition) is 0. The molecule has 0 aliphatic rings. The number of carbonyl (C=O) groups excluding carboxylic acids is 12. The number of rotatable bonds is 20. The van der Waals surface area contributed by atoms with Gasteiger partial charge in [-0.05, 0) is 125 Å². The van der Waals surface area contributed by atoms with Crippen LogP contribution in [0.2, 0.25) is 0 Å². The number of carboxylic acids is 4. The predicted molar refractivity (Wildman–Crippen MR) is 499 cm³/mol. The molecule has 24 nitrogen and oxygen atoms in total. The second-order valence-corrected chi connectivity index (χ2v) is 27.0. The molecule has 0 aliphatic heterocycles. The number of carboxylic acid groups (broad SMARTS) is 4. The van der Waals surface area contributed by atoms with Crippen LogP contribution >= 0.6 is 0 Å². The Labute approximate surface area is 784 Å². The van der Waals surface area contributed by atoms with Crippen molar-refractivity contribution < 1.29 is 98.1 Å². The fourth-order valence-electron chi connectivity index (χ4n) is 10.3. The Bertz CT molecular complexity index is 4700. The van der Waals surface area contributed by atoms with Crippen LogP contribution in [-0.4, -0.2) is 110 Å². The van der Waals surface area contributed by atoms with Crippen molar-refractivity contribution in [3.63, 3.8) is 0 Å². The minimum atomic E-state index is -1.80. The minimum absolute atomic E-state index is 0. The number of aromatic nitrogens is 8. The van der Waals surface area contributed by atoms with E-state index in [1.165, 1.54) is 0 Å². The number of nitrogens with zero attached hydrogens (tertiary/aromatic N) is 8. The predicted octanol–water partition coefficient (Wildman–Crippen LogP) is 15.1. The van der Waals surface area contributed by atoms with Gasteiger partial charge in [-0.1, -0.05) is 291 Å². The summed E-state index contributed by atoms with van der Waals surface area (Å²) in [5.74, 6) is -13.7. The smallest absolute Gasteiger partial charge is 0.542 e. The largest absolute Gasteiger partial charge is 4.00 e. The van der Waals surface area contributed by atoms with Crippen molar-refractivity contribution in [3.05, 3.63) is 438 Å². The second kappa shape index (κ2) is 65.4. The molecule has 0 spiro atoms. The van der Waals surface area contributed by atoms with Crippen LogP contribution in [0, 0.1) is 0 Å². The van der Waals surface area contributed by atoms with E-state index in [2.05, 4.69) is 137 Å². The summed E-state index contributed by atoms with van der Waals surface area (Å²) in [6.07, 6.45) is 12.2. The molecular weight excluding hydrogens is 1860 g/mol. The van der Waals surface area contributed by atoms with Crippen molar-refractivity contribution in [2.24, 2.45) is 0 Å². The molecular formula is C108H92IrN8O16. The zero-order chi connectivity index (χ0) is 95.6. The molecule has 0 unspecified atom stereocenters. The molecule has 8 aromatic carbocycles. The summed E-state index contributed by atoms with van der Waals surface area (Å²) < 4.78 is 0. The summed E-state index contributed by atoms with van der Waals surface area (Å²) in [6.45, 7) is 4.56. The number of carbonyl (C=O) groups is 12. The van der Waals surface area contributed by atoms with E-state index in [4.69, 9.17) is 0 Å². The van der Waals surface area contributed by atoms with Gasteiger partial charge in [0.1, 0.15) is 47.0 Å². The molecule has 0 saturated carbocycles. The molecule has 25 heteroatoms. The summed E-state index contributed by atoms with van der Waals surface area (Å²) in [5.41, 5.74) is 17.5. The van der Waals surface area contributed by atoms with E-state index in [0.717, 1.165) is 118 Å². The maximum atomic E-state index is 10.1. The fraction of sp³-hybridized carbons (Fsp3) is 0.0741. The first-order valence-corrected chi connectivity index (χ1v) is 40.5. The number of Topliss-reactive ketones (excluding diaryl/α,β-unsaturated/α-hetero) is 8. The number of aliphatic carboxylic acids is 4. The molecule has 16 aromatic rings. The molecule has 0 aliphatic carbocycles. The van der Waals surface area contributed by atoms with Crippen LogP contribution in [0.5, 0.6) is 0 Å². The first-order valence-electron chi connectivity index (χ1n) is 40.5. The second-order valence-electron chi connectivity index (χ2n) is 27.0. The maximum absolute atomic E-state index is 10.1. The molecule has 0 bridgehead atoms. The monoisotopic (exact) mass is 1950 g/mol. The molecule has 0 amide bonds. The summed E-state index contributed by atoms with van der Waals surface area (Å²) in [6, 6.07) is 129. The van der Waals surface area contributed by atoms with Crippen LogP contribution in [-0.2, 0) is 77.6 Å². The van der Waals surface area contributed by atoms with Gasteiger partial charge < -0.3 is 39.6 Å². The number of hydrogen-bond acceptors (Lipinski definition) is 24. The van der Waals surface area contributed by atoms with E-state index in [1.54, 1.807) is 0 Å². The van der Waals surface area contributed by atoms with Crippen LogP contribution < -0.4 is 20.4 Å². The quantitative estimate of drug-likeness (QED) is 0.0505. The molecule has 0 atom stereocenters. The van der Waals surface area contributed by atoms with Crippen LogP contribution in [0.1, 0.15) is 53.4 Å². The fourth-order valence-corrected chi connectivity index (χ4v) is 10.3. The van der Waals surface area contributed by atoms with Crippen LogP contribution in [0.15, 0.2) is 438 Å². The van der Waals surface area contributed by atoms with Gasteiger partial charge in [0.15, 0.2) is 23.1 Å². The normalized spacial score (nSPS) is 9.29. The third-order valence-electron chi connectivity index (χ3n) is 16.4. The number of benzene rings is 8. The van der Waals surface area contributed by atoms with Crippen molar-refractivity contribution in [2.45, 2.75) is 53.4 Å². The van der Waals surface area contributed by atoms with Crippen LogP contribution in [0.3, 0.4) is 0 Å². The van der Waals surface area contributed by atoms with Crippen molar-refractivity contribution in [1.82, 2.24) is 39.9 Å². The van der Waals surface area contributed by atoms with Crippen molar-refractivity contribution in [3.8, 4) is 90.1 Å². The summed E-state index contributed by atoms with van der Waals surface area (Å²) in [7, 11) is 0. The Kier molecular flexibility index (Phi) is 53.2. The standard InChI is InChI=1S/8C11H9N.4C5H6O4.Ir/c8*1-2-6-10(7-3-1)11-8-4-5-9-12-11;4*1-3(6)2-4(7)5(8)9;/h8*1-9H;4*2H2,1H3,(H,8,9);/q;;;;;;;;;;;;+4/p-4. The van der Waals surface area contributed by atoms with Crippen molar-refractivity contribution in [1.29, 1.82) is 0 Å². The van der Waals surface area contributed by atoms with E-state index in [0.29, 0.717) is 0 Å². The molecule has 0 fully saturated rings. The summed E-state index contributed by atoms with van der Waals surface area (Å²) in [4.78, 5) is 153. The first-order chi connectivity index (χ1) is 63.9. The molecule has 8 aromatic heterocycles. The number of pyridine rings is 8. The average molecular weight is 1950 g/mol. The Balaban J connectivity index is 0.000000304. The van der Waals surface area contributed by atoms with E-state index < -0.39 is 95.8 Å². The molecule has 669 valence electrons. The zero-order valence-electron chi connectivity index (χ0n) is 72.8. The average Bonchev–Trinajstić information content (AvgIpc) is 0.919. The van der Waals surface area contributed by atoms with E-state index in [1.807, 2.05) is 341 Å². The first kappa shape index (κ1) is 108. The Morgan fingerprint density at radius 2 is 0.263 bits per heavy atom. The molecule has 16 rings (SSSR count). The van der Waals surface area contributed by atoms with Gasteiger partial charge in [-0.25, -0.2) is 0 Å². The Morgan fingerprint density at radius 1 is 0.165 bits per heavy atom. The zero-order valence-corrected chi connectivity index (χ0v) is 75.2. The van der Waals surface area contributed by atoms with Crippen LogP contribution in [0.25, 0.3) is 90.1 Å². The SMILES string of the molecule is CC(=O)CC(=O)C(=O)[O-].CC(=O)CC(=O)C(=O)[O-].CC(=O)CC(=O)C(=O)[O-].CC(=O)CC(=O)C(=O)[O-].[Ir+4].c1ccc(-c2ccccn2)cc1.c1ccc(-c2ccccn2)cc1.c1ccc(-c2ccccn2)cc1.c1ccc(-c2ccccn2)cc1.c1ccc(-c2ccccn2)cc1.c1ccc(-c2ccccn2)cc1.c1ccc(-c2ccccn2)cc1.c1ccc(-c2ccccn2)cc1. The van der Waals surface area contributed by atoms with Crippen molar-refractivity contribution >= 4 is 70.1 Å². The number of ketones is 8. The maximum Gasteiger partial charge on any atom is 4.00 e. The molecule has 1 radical (unpaired) electrons. The minimum Gasteiger partial charge on any atom is -0.542 e. The van der Waals surface area contributed by atoms with Gasteiger partial charge in [0.05, 0.1) is 71.2 Å². The van der Waals surface area contributed by atoms with Gasteiger partial charge in [0.25, 0.3) is 0 Å². The van der Waals surface area contributed by atoms with Gasteiger partial charge in [0.2, 0.25) is 0 Å². The van der Waals surface area contributed by atoms with E-state index >= 15 is 0 Å². The third kappa shape index (κ3) is 47.8. The van der Waals surface area contributed by atoms with Crippen molar-refractivity contribution in [2.75, 3.05) is 0 Å². The topological polar surface area (TPSA) is 400 Å². The van der Waals surface area contributed by atoms with Gasteiger partial charge in [0, 0.05) is 94.1 Å². The molecule has 8 heterocycles. The van der Waals surface area contributed by atoms with Crippen LogP contribution in [0.4, 0.5) is 0 Å². The summed E-state index contributed by atoms with van der Waals surface area (Å²) >= 11 is 0. The molecule has 0 N–H and O–H groups in total. The van der Waals surface area contributed by atoms with E-state index in [9.17, 15) is 78.0 Å². The molecule has 133 heavy (non-hydrogen) atoms. The van der Waals surface area contributed by atoms with Gasteiger partial charge in [-0.15, -0.1) is 0 Å². The van der Waals surface area contributed by atoms with Gasteiger partial charge in [-0.2, -0.15) is 0 Å². The third-order valence-corrected chi connectivity index (χ3v) is 16.4. The Hall–Kier alpha value is -17.2. The van der Waals surface area contributed by atoms with E-state index in [-0.39, 0.29) is 20.1 Å². The Morgan fingerprint density at radius 3 is 0.331 bits per heavy atom. The van der Waals surface area contributed by atoms with Gasteiger partial charge in [-0.3, -0.25) is 78.2 Å². The summed E-state index contributed by atoms with van der Waals surface area (Å²) in [5, 5.41) is 38.5.